The van der Waals surface area contributed by atoms with E-state index in [0.717, 1.165) is 22.8 Å². The highest BCUT2D eigenvalue weighted by Crippen LogP contribution is 2.21. The number of hydrogen-bond acceptors (Lipinski definition) is 3. The van der Waals surface area contributed by atoms with E-state index in [2.05, 4.69) is 39.6 Å². The van der Waals surface area contributed by atoms with Crippen LogP contribution in [0.4, 0.5) is 0 Å². The highest BCUT2D eigenvalue weighted by Gasteiger charge is 2.08. The molecule has 3 rings (SSSR count). The van der Waals surface area contributed by atoms with Crippen molar-refractivity contribution in [2.45, 2.75) is 13.5 Å². The van der Waals surface area contributed by atoms with Gasteiger partial charge in [-0.2, -0.15) is 0 Å². The number of benzene rings is 1. The monoisotopic (exact) mass is 281 g/mol. The molecule has 2 aromatic heterocycles. The van der Waals surface area contributed by atoms with E-state index in [1.165, 1.54) is 10.4 Å². The lowest BCUT2D eigenvalue weighted by Gasteiger charge is -2.04. The van der Waals surface area contributed by atoms with E-state index in [0.29, 0.717) is 6.54 Å². The maximum atomic E-state index is 5.39. The van der Waals surface area contributed by atoms with Crippen LogP contribution in [0, 0.1) is 18.8 Å². The Morgan fingerprint density at radius 1 is 1.25 bits per heavy atom. The molecule has 0 fully saturated rings. The molecular formula is C16H15N3S. The molecule has 0 unspecified atom stereocenters. The first kappa shape index (κ1) is 12.9. The maximum absolute atomic E-state index is 5.39. The molecule has 2 N–H and O–H groups in total. The molecule has 1 aromatic carbocycles. The summed E-state index contributed by atoms with van der Waals surface area (Å²) in [5.41, 5.74) is 7.61. The Morgan fingerprint density at radius 2 is 2.10 bits per heavy atom. The van der Waals surface area contributed by atoms with Crippen molar-refractivity contribution < 1.29 is 0 Å². The van der Waals surface area contributed by atoms with Crippen LogP contribution in [0.1, 0.15) is 15.6 Å². The van der Waals surface area contributed by atoms with Crippen LogP contribution in [0.3, 0.4) is 0 Å². The van der Waals surface area contributed by atoms with E-state index >= 15 is 0 Å². The molecule has 20 heavy (non-hydrogen) atoms. The van der Waals surface area contributed by atoms with Crippen molar-refractivity contribution in [3.8, 4) is 11.8 Å². The zero-order valence-electron chi connectivity index (χ0n) is 11.3. The van der Waals surface area contributed by atoms with Gasteiger partial charge in [-0.1, -0.05) is 24.0 Å². The van der Waals surface area contributed by atoms with Crippen LogP contribution in [-0.2, 0) is 6.54 Å². The maximum Gasteiger partial charge on any atom is 0.107 e. The normalized spacial score (nSPS) is 10.5. The van der Waals surface area contributed by atoms with Gasteiger partial charge in [-0.3, -0.25) is 0 Å². The Labute approximate surface area is 122 Å². The lowest BCUT2D eigenvalue weighted by molar-refractivity contribution is 0.797. The third-order valence-corrected chi connectivity index (χ3v) is 4.12. The van der Waals surface area contributed by atoms with Gasteiger partial charge in [-0.05, 0) is 31.2 Å². The Balaban J connectivity index is 1.93. The number of rotatable bonds is 2. The molecule has 3 nitrogen and oxygen atoms in total. The van der Waals surface area contributed by atoms with Crippen LogP contribution in [0.25, 0.3) is 11.0 Å². The van der Waals surface area contributed by atoms with Crippen LogP contribution in [-0.4, -0.2) is 16.1 Å². The average molecular weight is 281 g/mol. The number of aromatic nitrogens is 2. The molecular weight excluding hydrogens is 266 g/mol. The summed E-state index contributed by atoms with van der Waals surface area (Å²) in [5.74, 6) is 7.00. The lowest BCUT2D eigenvalue weighted by Crippen LogP contribution is -1.99. The molecule has 0 saturated carbocycles. The number of aryl methyl sites for hydroxylation is 1. The predicted octanol–water partition coefficient (Wildman–Crippen LogP) is 2.76. The highest BCUT2D eigenvalue weighted by molar-refractivity contribution is 7.12. The molecule has 0 amide bonds. The van der Waals surface area contributed by atoms with Gasteiger partial charge in [0, 0.05) is 4.88 Å². The fourth-order valence-corrected chi connectivity index (χ4v) is 3.09. The summed E-state index contributed by atoms with van der Waals surface area (Å²) < 4.78 is 2.24. The number of fused-ring (bicyclic) bond motifs is 1. The van der Waals surface area contributed by atoms with Gasteiger partial charge in [0.2, 0.25) is 0 Å². The number of para-hydroxylation sites is 2. The highest BCUT2D eigenvalue weighted by atomic mass is 32.1. The Morgan fingerprint density at radius 3 is 2.95 bits per heavy atom. The average Bonchev–Trinajstić information content (AvgIpc) is 3.02. The third kappa shape index (κ3) is 2.46. The molecule has 0 spiro atoms. The number of thiophene rings is 1. The summed E-state index contributed by atoms with van der Waals surface area (Å²) >= 11 is 1.71. The minimum atomic E-state index is 0.401. The van der Waals surface area contributed by atoms with Gasteiger partial charge in [-0.25, -0.2) is 4.98 Å². The first-order valence-corrected chi connectivity index (χ1v) is 7.29. The number of nitrogens with zero attached hydrogens (tertiary/aromatic N) is 2. The first-order valence-electron chi connectivity index (χ1n) is 6.47. The standard InChI is InChI=1S/C16H15N3S/c1-12-18-15-6-2-3-7-16(15)19(12)11-14-9-8-13(20-14)5-4-10-17/h2-3,6-9H,10-11,17H2,1H3. The van der Waals surface area contributed by atoms with E-state index in [1.54, 1.807) is 11.3 Å². The SMILES string of the molecule is Cc1nc2ccccc2n1Cc1ccc(C#CCN)s1. The van der Waals surface area contributed by atoms with Gasteiger partial charge in [0.1, 0.15) is 5.82 Å². The summed E-state index contributed by atoms with van der Waals surface area (Å²) in [5, 5.41) is 0. The summed E-state index contributed by atoms with van der Waals surface area (Å²) in [6.45, 7) is 3.28. The predicted molar refractivity (Wildman–Crippen MR) is 83.8 cm³/mol. The largest absolute Gasteiger partial charge is 0.323 e. The molecule has 3 aromatic rings. The van der Waals surface area contributed by atoms with E-state index in [9.17, 15) is 0 Å². The number of hydrogen-bond donors (Lipinski definition) is 1. The second-order valence-electron chi connectivity index (χ2n) is 4.51. The molecule has 0 saturated heterocycles. The van der Waals surface area contributed by atoms with Gasteiger partial charge >= 0.3 is 0 Å². The van der Waals surface area contributed by atoms with Crippen molar-refractivity contribution >= 4 is 22.4 Å². The van der Waals surface area contributed by atoms with E-state index in [-0.39, 0.29) is 0 Å². The summed E-state index contributed by atoms with van der Waals surface area (Å²) in [7, 11) is 0. The van der Waals surface area contributed by atoms with Crippen LogP contribution in [0.15, 0.2) is 36.4 Å². The fourth-order valence-electron chi connectivity index (χ4n) is 2.22. The van der Waals surface area contributed by atoms with Crippen LogP contribution in [0.5, 0.6) is 0 Å². The van der Waals surface area contributed by atoms with Gasteiger partial charge in [0.05, 0.1) is 29.0 Å². The van der Waals surface area contributed by atoms with Crippen molar-refractivity contribution in [3.05, 3.63) is 52.0 Å². The Hall–Kier alpha value is -2.09. The lowest BCUT2D eigenvalue weighted by atomic mass is 10.3. The van der Waals surface area contributed by atoms with Crippen molar-refractivity contribution in [3.63, 3.8) is 0 Å². The third-order valence-electron chi connectivity index (χ3n) is 3.13. The van der Waals surface area contributed by atoms with Crippen molar-refractivity contribution in [2.24, 2.45) is 5.73 Å². The zero-order chi connectivity index (χ0) is 13.9. The van der Waals surface area contributed by atoms with Crippen LogP contribution < -0.4 is 5.73 Å². The summed E-state index contributed by atoms with van der Waals surface area (Å²) in [4.78, 5) is 6.93. The van der Waals surface area contributed by atoms with Crippen LogP contribution in [0.2, 0.25) is 0 Å². The number of nitrogens with two attached hydrogens (primary N) is 1. The quantitative estimate of drug-likeness (QED) is 0.734. The second kappa shape index (κ2) is 5.49. The molecule has 0 atom stereocenters. The molecule has 0 aliphatic heterocycles. The van der Waals surface area contributed by atoms with E-state index in [4.69, 9.17) is 5.73 Å². The molecule has 0 aliphatic rings. The minimum absolute atomic E-state index is 0.401. The fraction of sp³-hybridized carbons (Fsp3) is 0.188. The molecule has 0 radical (unpaired) electrons. The first-order chi connectivity index (χ1) is 9.78. The van der Waals surface area contributed by atoms with Crippen molar-refractivity contribution in [2.75, 3.05) is 6.54 Å². The van der Waals surface area contributed by atoms with Crippen molar-refractivity contribution in [1.82, 2.24) is 9.55 Å². The van der Waals surface area contributed by atoms with Crippen LogP contribution >= 0.6 is 11.3 Å². The second-order valence-corrected chi connectivity index (χ2v) is 5.67. The molecule has 100 valence electrons. The van der Waals surface area contributed by atoms with E-state index in [1.807, 2.05) is 25.1 Å². The minimum Gasteiger partial charge on any atom is -0.323 e. The summed E-state index contributed by atoms with van der Waals surface area (Å²) in [6.07, 6.45) is 0. The Kier molecular flexibility index (Phi) is 3.55. The summed E-state index contributed by atoms with van der Waals surface area (Å²) in [6, 6.07) is 12.4. The van der Waals surface area contributed by atoms with Gasteiger partial charge < -0.3 is 10.3 Å². The molecule has 2 heterocycles. The number of imidazole rings is 1. The van der Waals surface area contributed by atoms with Gasteiger partial charge in [0.25, 0.3) is 0 Å². The zero-order valence-corrected chi connectivity index (χ0v) is 12.1. The Bertz CT molecular complexity index is 802. The van der Waals surface area contributed by atoms with Gasteiger partial charge in [0.15, 0.2) is 0 Å². The molecule has 0 aliphatic carbocycles. The molecule has 0 bridgehead atoms. The van der Waals surface area contributed by atoms with E-state index < -0.39 is 0 Å². The molecule has 4 heteroatoms. The topological polar surface area (TPSA) is 43.8 Å². The smallest absolute Gasteiger partial charge is 0.107 e. The van der Waals surface area contributed by atoms with Crippen molar-refractivity contribution in [1.29, 1.82) is 0 Å². The van der Waals surface area contributed by atoms with Gasteiger partial charge in [-0.15, -0.1) is 11.3 Å².